The SMILES string of the molecule is [C-]#CC(C)(C)C.[Cu+]. The Hall–Kier alpha value is 0.0795. The molecule has 0 spiro atoms. The van der Waals surface area contributed by atoms with Gasteiger partial charge in [-0.15, -0.1) is 0 Å². The Kier molecular flexibility index (Phi) is 4.53. The monoisotopic (exact) mass is 144 g/mol. The Morgan fingerprint density at radius 3 is 1.43 bits per heavy atom. The predicted octanol–water partition coefficient (Wildman–Crippen LogP) is 1.62. The minimum atomic E-state index is -0.0417. The van der Waals surface area contributed by atoms with Crippen molar-refractivity contribution in [1.82, 2.24) is 0 Å². The van der Waals surface area contributed by atoms with E-state index in [4.69, 9.17) is 6.42 Å². The fourth-order valence-electron chi connectivity index (χ4n) is 0. The quantitative estimate of drug-likeness (QED) is 0.276. The van der Waals surface area contributed by atoms with Crippen LogP contribution in [0, 0.1) is 17.8 Å². The normalized spacial score (nSPS) is 8.86. The second-order valence-corrected chi connectivity index (χ2v) is 2.38. The van der Waals surface area contributed by atoms with Crippen molar-refractivity contribution >= 4 is 0 Å². The molecule has 0 fully saturated rings. The van der Waals surface area contributed by atoms with Crippen LogP contribution >= 0.6 is 0 Å². The van der Waals surface area contributed by atoms with E-state index in [0.29, 0.717) is 0 Å². The molecule has 0 radical (unpaired) electrons. The van der Waals surface area contributed by atoms with E-state index < -0.39 is 0 Å². The standard InChI is InChI=1S/C6H9.Cu/c1-5-6(2,3)4;/h2-4H3;/q-1;+1. The summed E-state index contributed by atoms with van der Waals surface area (Å²) in [7, 11) is 0. The average molecular weight is 145 g/mol. The molecule has 0 unspecified atom stereocenters. The summed E-state index contributed by atoms with van der Waals surface area (Å²) >= 11 is 0. The van der Waals surface area contributed by atoms with Gasteiger partial charge in [0.25, 0.3) is 0 Å². The van der Waals surface area contributed by atoms with Gasteiger partial charge in [-0.1, -0.05) is 20.8 Å². The maximum atomic E-state index is 6.60. The van der Waals surface area contributed by atoms with Gasteiger partial charge in [0.1, 0.15) is 0 Å². The minimum absolute atomic E-state index is 0. The minimum Gasteiger partial charge on any atom is -0.693 e. The summed E-state index contributed by atoms with van der Waals surface area (Å²) in [6.07, 6.45) is 6.60. The van der Waals surface area contributed by atoms with Gasteiger partial charge >= 0.3 is 17.1 Å². The van der Waals surface area contributed by atoms with Crippen molar-refractivity contribution in [3.05, 3.63) is 6.42 Å². The van der Waals surface area contributed by atoms with Crippen LogP contribution in [0.25, 0.3) is 0 Å². The van der Waals surface area contributed by atoms with Gasteiger partial charge in [-0.25, -0.2) is 0 Å². The van der Waals surface area contributed by atoms with Crippen molar-refractivity contribution in [3.8, 4) is 5.92 Å². The van der Waals surface area contributed by atoms with E-state index in [1.165, 1.54) is 0 Å². The molecule has 0 saturated heterocycles. The van der Waals surface area contributed by atoms with Crippen molar-refractivity contribution in [2.45, 2.75) is 20.8 Å². The summed E-state index contributed by atoms with van der Waals surface area (Å²) < 4.78 is 0. The summed E-state index contributed by atoms with van der Waals surface area (Å²) in [5.74, 6) is 2.35. The second kappa shape index (κ2) is 3.13. The summed E-state index contributed by atoms with van der Waals surface area (Å²) in [6.45, 7) is 5.83. The zero-order valence-electron chi connectivity index (χ0n) is 4.80. The number of hydrogen-bond donors (Lipinski definition) is 0. The third kappa shape index (κ3) is 10.7. The van der Waals surface area contributed by atoms with E-state index in [1.807, 2.05) is 20.8 Å². The molecule has 44 valence electrons. The van der Waals surface area contributed by atoms with Crippen molar-refractivity contribution in [1.29, 1.82) is 0 Å². The van der Waals surface area contributed by atoms with Crippen LogP contribution in [-0.2, 0) is 17.1 Å². The number of rotatable bonds is 0. The van der Waals surface area contributed by atoms with Crippen LogP contribution in [0.15, 0.2) is 0 Å². The van der Waals surface area contributed by atoms with E-state index in [9.17, 15) is 0 Å². The predicted molar refractivity (Wildman–Crippen MR) is 26.6 cm³/mol. The second-order valence-electron chi connectivity index (χ2n) is 2.38. The third-order valence-corrected chi connectivity index (χ3v) is 0.375. The fraction of sp³-hybridized carbons (Fsp3) is 0.667. The van der Waals surface area contributed by atoms with Gasteiger partial charge in [0.05, 0.1) is 0 Å². The van der Waals surface area contributed by atoms with Crippen LogP contribution in [0.3, 0.4) is 0 Å². The van der Waals surface area contributed by atoms with E-state index >= 15 is 0 Å². The van der Waals surface area contributed by atoms with E-state index in [2.05, 4.69) is 5.92 Å². The Bertz CT molecular complexity index is 71.2. The van der Waals surface area contributed by atoms with Crippen molar-refractivity contribution in [2.75, 3.05) is 0 Å². The molecule has 0 atom stereocenters. The zero-order valence-corrected chi connectivity index (χ0v) is 5.74. The van der Waals surface area contributed by atoms with E-state index in [1.54, 1.807) is 0 Å². The molecule has 0 aromatic rings. The fourth-order valence-corrected chi connectivity index (χ4v) is 0. The van der Waals surface area contributed by atoms with Crippen LogP contribution in [0.5, 0.6) is 0 Å². The maximum Gasteiger partial charge on any atom is 1.00 e. The Morgan fingerprint density at radius 1 is 1.29 bits per heavy atom. The molecule has 0 saturated carbocycles. The van der Waals surface area contributed by atoms with Gasteiger partial charge in [0.15, 0.2) is 0 Å². The molecule has 0 bridgehead atoms. The summed E-state index contributed by atoms with van der Waals surface area (Å²) in [5.41, 5.74) is -0.0417. The Balaban J connectivity index is 0. The first-order chi connectivity index (χ1) is 2.56. The van der Waals surface area contributed by atoms with Gasteiger partial charge < -0.3 is 12.3 Å². The van der Waals surface area contributed by atoms with Crippen LogP contribution < -0.4 is 0 Å². The smallest absolute Gasteiger partial charge is 0.693 e. The van der Waals surface area contributed by atoms with Crippen molar-refractivity contribution < 1.29 is 17.1 Å². The van der Waals surface area contributed by atoms with E-state index in [-0.39, 0.29) is 22.5 Å². The molecular weight excluding hydrogens is 136 g/mol. The third-order valence-electron chi connectivity index (χ3n) is 0.375. The zero-order chi connectivity index (χ0) is 5.21. The van der Waals surface area contributed by atoms with Crippen LogP contribution in [0.1, 0.15) is 20.8 Å². The van der Waals surface area contributed by atoms with E-state index in [0.717, 1.165) is 0 Å². The maximum absolute atomic E-state index is 6.60. The molecule has 0 N–H and O–H groups in total. The van der Waals surface area contributed by atoms with Gasteiger partial charge in [0.2, 0.25) is 0 Å². The van der Waals surface area contributed by atoms with Gasteiger partial charge in [-0.3, -0.25) is 0 Å². The molecule has 0 nitrogen and oxygen atoms in total. The first-order valence-electron chi connectivity index (χ1n) is 2.00. The molecule has 7 heavy (non-hydrogen) atoms. The van der Waals surface area contributed by atoms with Gasteiger partial charge in [0, 0.05) is 0 Å². The molecule has 0 aliphatic rings. The molecule has 0 rings (SSSR count). The molecule has 0 aliphatic carbocycles. The summed E-state index contributed by atoms with van der Waals surface area (Å²) in [4.78, 5) is 0. The van der Waals surface area contributed by atoms with Gasteiger partial charge in [-0.05, 0) is 5.41 Å². The molecule has 0 aromatic carbocycles. The average Bonchev–Trinajstić information content (AvgIpc) is 1.35. The largest absolute Gasteiger partial charge is 1.00 e. The van der Waals surface area contributed by atoms with Crippen LogP contribution in [0.4, 0.5) is 0 Å². The van der Waals surface area contributed by atoms with Crippen LogP contribution in [0.2, 0.25) is 0 Å². The van der Waals surface area contributed by atoms with Crippen LogP contribution in [-0.4, -0.2) is 0 Å². The van der Waals surface area contributed by atoms with Crippen molar-refractivity contribution in [3.63, 3.8) is 0 Å². The Labute approximate surface area is 56.2 Å². The van der Waals surface area contributed by atoms with Crippen molar-refractivity contribution in [2.24, 2.45) is 5.41 Å². The molecule has 0 amide bonds. The van der Waals surface area contributed by atoms with Gasteiger partial charge in [-0.2, -0.15) is 0 Å². The summed E-state index contributed by atoms with van der Waals surface area (Å²) in [5, 5.41) is 0. The summed E-state index contributed by atoms with van der Waals surface area (Å²) in [6, 6.07) is 0. The molecule has 0 aliphatic heterocycles. The molecule has 0 heterocycles. The first-order valence-corrected chi connectivity index (χ1v) is 2.00. The molecule has 0 aromatic heterocycles. The first kappa shape index (κ1) is 10.1. The Morgan fingerprint density at radius 2 is 1.43 bits per heavy atom. The molecule has 1 heteroatoms. The topological polar surface area (TPSA) is 0 Å². The molecular formula is C6H9Cu. The number of hydrogen-bond acceptors (Lipinski definition) is 0.